The molecular formula is C11H15ClN2O2S2. The highest BCUT2D eigenvalue weighted by Crippen LogP contribution is 2.23. The standard InChI is InChI=1S/C11H15ClN2O2S2/c1-3-14(4-2)18(15,16)8-5-6-9(11(13)17)10(12)7-8/h5-7H,3-4H2,1-2H3,(H2,13,17). The van der Waals surface area contributed by atoms with Crippen LogP contribution in [0.25, 0.3) is 0 Å². The zero-order valence-electron chi connectivity index (χ0n) is 10.2. The van der Waals surface area contributed by atoms with Crippen LogP contribution in [0, 0.1) is 0 Å². The Morgan fingerprint density at radius 3 is 2.33 bits per heavy atom. The van der Waals surface area contributed by atoms with Crippen LogP contribution in [0.2, 0.25) is 5.02 Å². The van der Waals surface area contributed by atoms with Crippen molar-refractivity contribution in [1.82, 2.24) is 4.31 Å². The lowest BCUT2D eigenvalue weighted by Gasteiger charge is -2.18. The smallest absolute Gasteiger partial charge is 0.243 e. The monoisotopic (exact) mass is 306 g/mol. The molecule has 0 aliphatic heterocycles. The molecule has 7 heteroatoms. The minimum Gasteiger partial charge on any atom is -0.389 e. The second-order valence-corrected chi connectivity index (χ2v) is 6.38. The Morgan fingerprint density at radius 2 is 1.94 bits per heavy atom. The van der Waals surface area contributed by atoms with Crippen LogP contribution in [0.5, 0.6) is 0 Å². The molecule has 0 fully saturated rings. The van der Waals surface area contributed by atoms with Gasteiger partial charge >= 0.3 is 0 Å². The molecule has 0 saturated heterocycles. The predicted molar refractivity (Wildman–Crippen MR) is 77.4 cm³/mol. The van der Waals surface area contributed by atoms with E-state index in [1.165, 1.54) is 22.5 Å². The summed E-state index contributed by atoms with van der Waals surface area (Å²) in [5, 5.41) is 0.246. The van der Waals surface area contributed by atoms with Gasteiger partial charge in [0, 0.05) is 18.7 Å². The van der Waals surface area contributed by atoms with Gasteiger partial charge in [0.05, 0.1) is 9.92 Å². The molecule has 0 bridgehead atoms. The molecule has 0 saturated carbocycles. The predicted octanol–water partition coefficient (Wildman–Crippen LogP) is 2.00. The van der Waals surface area contributed by atoms with Crippen LogP contribution in [0.15, 0.2) is 23.1 Å². The Labute approximate surface area is 118 Å². The summed E-state index contributed by atoms with van der Waals surface area (Å²) >= 11 is 10.8. The molecule has 0 amide bonds. The summed E-state index contributed by atoms with van der Waals surface area (Å²) in [6, 6.07) is 4.37. The van der Waals surface area contributed by atoms with Gasteiger partial charge in [0.2, 0.25) is 10.0 Å². The quantitative estimate of drug-likeness (QED) is 0.845. The molecule has 0 unspecified atom stereocenters. The van der Waals surface area contributed by atoms with Gasteiger partial charge in [0.25, 0.3) is 0 Å². The number of sulfonamides is 1. The zero-order valence-corrected chi connectivity index (χ0v) is 12.6. The van der Waals surface area contributed by atoms with Gasteiger partial charge in [-0.05, 0) is 18.2 Å². The lowest BCUT2D eigenvalue weighted by molar-refractivity contribution is 0.445. The molecule has 0 aliphatic rings. The highest BCUT2D eigenvalue weighted by Gasteiger charge is 2.22. The van der Waals surface area contributed by atoms with E-state index in [1.54, 1.807) is 13.8 Å². The highest BCUT2D eigenvalue weighted by molar-refractivity contribution is 7.89. The summed E-state index contributed by atoms with van der Waals surface area (Å²) in [5.74, 6) is 0. The van der Waals surface area contributed by atoms with Crippen LogP contribution in [0.1, 0.15) is 19.4 Å². The molecule has 18 heavy (non-hydrogen) atoms. The van der Waals surface area contributed by atoms with Crippen molar-refractivity contribution in [3.05, 3.63) is 28.8 Å². The molecule has 1 rings (SSSR count). The molecule has 1 aromatic rings. The van der Waals surface area contributed by atoms with E-state index in [0.717, 1.165) is 0 Å². The first kappa shape index (κ1) is 15.4. The number of halogens is 1. The largest absolute Gasteiger partial charge is 0.389 e. The third kappa shape index (κ3) is 3.00. The Bertz CT molecular complexity index is 554. The molecule has 0 atom stereocenters. The van der Waals surface area contributed by atoms with Gasteiger partial charge in [-0.1, -0.05) is 37.7 Å². The SMILES string of the molecule is CCN(CC)S(=O)(=O)c1ccc(C(N)=S)c(Cl)c1. The van der Waals surface area contributed by atoms with Crippen molar-refractivity contribution in [2.24, 2.45) is 5.73 Å². The van der Waals surface area contributed by atoms with Crippen molar-refractivity contribution in [3.8, 4) is 0 Å². The minimum atomic E-state index is -3.50. The normalized spacial score (nSPS) is 11.8. The van der Waals surface area contributed by atoms with E-state index in [2.05, 4.69) is 0 Å². The Balaban J connectivity index is 3.27. The maximum atomic E-state index is 12.2. The lowest BCUT2D eigenvalue weighted by Crippen LogP contribution is -2.30. The van der Waals surface area contributed by atoms with E-state index in [0.29, 0.717) is 18.7 Å². The fourth-order valence-corrected chi connectivity index (χ4v) is 3.63. The fraction of sp³-hybridized carbons (Fsp3) is 0.364. The van der Waals surface area contributed by atoms with E-state index >= 15 is 0 Å². The van der Waals surface area contributed by atoms with Gasteiger partial charge in [-0.3, -0.25) is 0 Å². The first-order chi connectivity index (χ1) is 8.34. The van der Waals surface area contributed by atoms with E-state index in [4.69, 9.17) is 29.6 Å². The molecule has 0 spiro atoms. The molecule has 2 N–H and O–H groups in total. The molecule has 1 aromatic carbocycles. The number of hydrogen-bond donors (Lipinski definition) is 1. The van der Waals surface area contributed by atoms with Crippen LogP contribution in [0.3, 0.4) is 0 Å². The van der Waals surface area contributed by atoms with Gasteiger partial charge in [0.15, 0.2) is 0 Å². The number of thiocarbonyl (C=S) groups is 1. The summed E-state index contributed by atoms with van der Waals surface area (Å²) in [7, 11) is -3.50. The third-order valence-electron chi connectivity index (χ3n) is 2.55. The first-order valence-electron chi connectivity index (χ1n) is 5.44. The number of nitrogens with two attached hydrogens (primary N) is 1. The zero-order chi connectivity index (χ0) is 13.9. The second-order valence-electron chi connectivity index (χ2n) is 3.60. The van der Waals surface area contributed by atoms with E-state index in [1.807, 2.05) is 0 Å². The van der Waals surface area contributed by atoms with Crippen LogP contribution >= 0.6 is 23.8 Å². The summed E-state index contributed by atoms with van der Waals surface area (Å²) in [5.41, 5.74) is 5.95. The topological polar surface area (TPSA) is 63.4 Å². The van der Waals surface area contributed by atoms with Crippen LogP contribution in [-0.2, 0) is 10.0 Å². The second kappa shape index (κ2) is 5.97. The number of benzene rings is 1. The highest BCUT2D eigenvalue weighted by atomic mass is 35.5. The average molecular weight is 307 g/mol. The molecule has 100 valence electrons. The Hall–Kier alpha value is -0.690. The number of nitrogens with zero attached hydrogens (tertiary/aromatic N) is 1. The maximum Gasteiger partial charge on any atom is 0.243 e. The van der Waals surface area contributed by atoms with Crippen molar-refractivity contribution in [2.75, 3.05) is 13.1 Å². The van der Waals surface area contributed by atoms with Crippen molar-refractivity contribution in [1.29, 1.82) is 0 Å². The van der Waals surface area contributed by atoms with Crippen molar-refractivity contribution >= 4 is 38.8 Å². The molecule has 0 aromatic heterocycles. The van der Waals surface area contributed by atoms with Crippen LogP contribution < -0.4 is 5.73 Å². The van der Waals surface area contributed by atoms with Crippen LogP contribution in [-0.4, -0.2) is 30.8 Å². The molecule has 0 radical (unpaired) electrons. The van der Waals surface area contributed by atoms with Crippen molar-refractivity contribution < 1.29 is 8.42 Å². The van der Waals surface area contributed by atoms with Gasteiger partial charge in [-0.15, -0.1) is 0 Å². The average Bonchev–Trinajstić information content (AvgIpc) is 2.29. The van der Waals surface area contributed by atoms with Crippen molar-refractivity contribution in [2.45, 2.75) is 18.7 Å². The van der Waals surface area contributed by atoms with E-state index in [9.17, 15) is 8.42 Å². The van der Waals surface area contributed by atoms with Crippen LogP contribution in [0.4, 0.5) is 0 Å². The Morgan fingerprint density at radius 1 is 1.39 bits per heavy atom. The van der Waals surface area contributed by atoms with E-state index < -0.39 is 10.0 Å². The van der Waals surface area contributed by atoms with Gasteiger partial charge in [-0.25, -0.2) is 8.42 Å². The summed E-state index contributed by atoms with van der Waals surface area (Å²) in [6.45, 7) is 4.39. The Kier molecular flexibility index (Phi) is 5.10. The lowest BCUT2D eigenvalue weighted by atomic mass is 10.2. The number of rotatable bonds is 5. The maximum absolute atomic E-state index is 12.2. The first-order valence-corrected chi connectivity index (χ1v) is 7.66. The number of hydrogen-bond acceptors (Lipinski definition) is 3. The molecule has 0 heterocycles. The third-order valence-corrected chi connectivity index (χ3v) is 5.13. The minimum absolute atomic E-state index is 0.145. The van der Waals surface area contributed by atoms with Crippen molar-refractivity contribution in [3.63, 3.8) is 0 Å². The van der Waals surface area contributed by atoms with Gasteiger partial charge in [0.1, 0.15) is 4.99 Å². The molecule has 0 aliphatic carbocycles. The van der Waals surface area contributed by atoms with Gasteiger partial charge in [-0.2, -0.15) is 4.31 Å². The molecule has 4 nitrogen and oxygen atoms in total. The van der Waals surface area contributed by atoms with E-state index in [-0.39, 0.29) is 14.9 Å². The summed E-state index contributed by atoms with van der Waals surface area (Å²) in [6.07, 6.45) is 0. The fourth-order valence-electron chi connectivity index (χ4n) is 1.57. The van der Waals surface area contributed by atoms with Gasteiger partial charge < -0.3 is 5.73 Å². The summed E-state index contributed by atoms with van der Waals surface area (Å²) in [4.78, 5) is 0.294. The molecular weight excluding hydrogens is 292 g/mol. The summed E-state index contributed by atoms with van der Waals surface area (Å²) < 4.78 is 25.8.